The van der Waals surface area contributed by atoms with E-state index < -0.39 is 0 Å². The molecule has 1 aliphatic rings. The van der Waals surface area contributed by atoms with Gasteiger partial charge in [0.15, 0.2) is 0 Å². The van der Waals surface area contributed by atoms with Crippen molar-refractivity contribution >= 4 is 17.4 Å². The second-order valence-corrected chi connectivity index (χ2v) is 5.37. The quantitative estimate of drug-likeness (QED) is 0.850. The number of rotatable bonds is 5. The van der Waals surface area contributed by atoms with Gasteiger partial charge in [-0.25, -0.2) is 15.0 Å². The summed E-state index contributed by atoms with van der Waals surface area (Å²) in [4.78, 5) is 15.0. The Morgan fingerprint density at radius 1 is 1.23 bits per heavy atom. The van der Waals surface area contributed by atoms with E-state index >= 15 is 0 Å². The second kappa shape index (κ2) is 7.49. The first-order valence-corrected chi connectivity index (χ1v) is 7.67. The van der Waals surface area contributed by atoms with Crippen LogP contribution in [0.3, 0.4) is 0 Å². The highest BCUT2D eigenvalue weighted by Gasteiger charge is 2.10. The van der Waals surface area contributed by atoms with Gasteiger partial charge in [-0.15, -0.1) is 0 Å². The minimum Gasteiger partial charge on any atom is -0.379 e. The molecule has 3 heterocycles. The van der Waals surface area contributed by atoms with Crippen molar-refractivity contribution in [2.45, 2.75) is 0 Å². The van der Waals surface area contributed by atoms with E-state index in [1.165, 1.54) is 6.33 Å². The third kappa shape index (κ3) is 3.91. The van der Waals surface area contributed by atoms with Gasteiger partial charge in [-0.2, -0.15) is 0 Å². The molecule has 116 valence electrons. The normalized spacial score (nSPS) is 15.7. The standard InChI is InChI=1S/C15H18ClN5O/c16-15-12(2-1-3-18-15)13-10-14(20-11-19-13)17-4-5-21-6-8-22-9-7-21/h1-3,10-11H,4-9H2,(H,17,19,20). The fourth-order valence-corrected chi connectivity index (χ4v) is 2.56. The van der Waals surface area contributed by atoms with Crippen molar-refractivity contribution in [3.63, 3.8) is 0 Å². The van der Waals surface area contributed by atoms with E-state index in [4.69, 9.17) is 16.3 Å². The van der Waals surface area contributed by atoms with E-state index in [0.717, 1.165) is 56.5 Å². The summed E-state index contributed by atoms with van der Waals surface area (Å²) in [5.74, 6) is 0.790. The van der Waals surface area contributed by atoms with E-state index in [9.17, 15) is 0 Å². The predicted octanol–water partition coefficient (Wildman–Crippen LogP) is 1.94. The molecule has 2 aromatic heterocycles. The summed E-state index contributed by atoms with van der Waals surface area (Å²) in [7, 11) is 0. The van der Waals surface area contributed by atoms with E-state index in [1.54, 1.807) is 6.20 Å². The lowest BCUT2D eigenvalue weighted by molar-refractivity contribution is 0.0398. The summed E-state index contributed by atoms with van der Waals surface area (Å²) in [6.45, 7) is 5.41. The fourth-order valence-electron chi connectivity index (χ4n) is 2.35. The van der Waals surface area contributed by atoms with Crippen LogP contribution in [0.4, 0.5) is 5.82 Å². The Hall–Kier alpha value is -1.76. The average molecular weight is 320 g/mol. The smallest absolute Gasteiger partial charge is 0.138 e. The molecule has 1 N–H and O–H groups in total. The van der Waals surface area contributed by atoms with Crippen LogP contribution < -0.4 is 5.32 Å². The van der Waals surface area contributed by atoms with E-state index in [0.29, 0.717) is 5.15 Å². The van der Waals surface area contributed by atoms with Crippen molar-refractivity contribution in [3.8, 4) is 11.3 Å². The molecule has 0 saturated carbocycles. The molecule has 0 unspecified atom stereocenters. The first-order valence-electron chi connectivity index (χ1n) is 7.30. The van der Waals surface area contributed by atoms with Crippen LogP contribution in [-0.4, -0.2) is 59.2 Å². The molecular weight excluding hydrogens is 302 g/mol. The molecule has 1 saturated heterocycles. The summed E-state index contributed by atoms with van der Waals surface area (Å²) in [6.07, 6.45) is 3.20. The summed E-state index contributed by atoms with van der Waals surface area (Å²) in [6, 6.07) is 5.63. The Morgan fingerprint density at radius 2 is 2.09 bits per heavy atom. The van der Waals surface area contributed by atoms with Crippen LogP contribution in [0.1, 0.15) is 0 Å². The number of nitrogens with zero attached hydrogens (tertiary/aromatic N) is 4. The number of morpholine rings is 1. The van der Waals surface area contributed by atoms with Crippen molar-refractivity contribution in [1.82, 2.24) is 19.9 Å². The Labute approximate surface area is 134 Å². The van der Waals surface area contributed by atoms with Gasteiger partial charge in [-0.05, 0) is 12.1 Å². The van der Waals surface area contributed by atoms with Gasteiger partial charge in [-0.3, -0.25) is 4.90 Å². The number of aromatic nitrogens is 3. The molecule has 0 atom stereocenters. The van der Waals surface area contributed by atoms with Gasteiger partial charge in [0.2, 0.25) is 0 Å². The first-order chi connectivity index (χ1) is 10.8. The van der Waals surface area contributed by atoms with Crippen LogP contribution >= 0.6 is 11.6 Å². The first kappa shape index (κ1) is 15.1. The van der Waals surface area contributed by atoms with Crippen molar-refractivity contribution in [2.75, 3.05) is 44.7 Å². The molecule has 7 heteroatoms. The van der Waals surface area contributed by atoms with Crippen LogP contribution in [0.5, 0.6) is 0 Å². The zero-order chi connectivity index (χ0) is 15.2. The lowest BCUT2D eigenvalue weighted by Crippen LogP contribution is -2.39. The minimum absolute atomic E-state index is 0.445. The lowest BCUT2D eigenvalue weighted by Gasteiger charge is -2.26. The zero-order valence-electron chi connectivity index (χ0n) is 12.2. The molecule has 22 heavy (non-hydrogen) atoms. The van der Waals surface area contributed by atoms with Crippen molar-refractivity contribution in [1.29, 1.82) is 0 Å². The summed E-state index contributed by atoms with van der Waals surface area (Å²) < 4.78 is 5.34. The molecule has 0 amide bonds. The number of anilines is 1. The van der Waals surface area contributed by atoms with Crippen molar-refractivity contribution in [3.05, 3.63) is 35.9 Å². The Bertz CT molecular complexity index is 618. The van der Waals surface area contributed by atoms with Gasteiger partial charge >= 0.3 is 0 Å². The van der Waals surface area contributed by atoms with Gasteiger partial charge in [-0.1, -0.05) is 11.6 Å². The second-order valence-electron chi connectivity index (χ2n) is 5.01. The van der Waals surface area contributed by atoms with Crippen LogP contribution in [0.2, 0.25) is 5.15 Å². The molecule has 0 bridgehead atoms. The molecule has 0 aliphatic carbocycles. The van der Waals surface area contributed by atoms with E-state index in [1.807, 2.05) is 18.2 Å². The maximum Gasteiger partial charge on any atom is 0.138 e. The molecule has 2 aromatic rings. The third-order valence-corrected chi connectivity index (χ3v) is 3.84. The van der Waals surface area contributed by atoms with Crippen LogP contribution in [-0.2, 0) is 4.74 Å². The van der Waals surface area contributed by atoms with E-state index in [-0.39, 0.29) is 0 Å². The van der Waals surface area contributed by atoms with Crippen molar-refractivity contribution < 1.29 is 4.74 Å². The average Bonchev–Trinajstić information content (AvgIpc) is 2.57. The van der Waals surface area contributed by atoms with E-state index in [2.05, 4.69) is 25.2 Å². The van der Waals surface area contributed by atoms with Gasteiger partial charge < -0.3 is 10.1 Å². The number of hydrogen-bond donors (Lipinski definition) is 1. The highest BCUT2D eigenvalue weighted by Crippen LogP contribution is 2.24. The molecule has 6 nitrogen and oxygen atoms in total. The monoisotopic (exact) mass is 319 g/mol. The molecule has 0 aromatic carbocycles. The largest absolute Gasteiger partial charge is 0.379 e. The van der Waals surface area contributed by atoms with Crippen LogP contribution in [0.25, 0.3) is 11.3 Å². The van der Waals surface area contributed by atoms with Crippen LogP contribution in [0, 0.1) is 0 Å². The maximum atomic E-state index is 6.11. The SMILES string of the molecule is Clc1ncccc1-c1cc(NCCN2CCOCC2)ncn1. The number of halogens is 1. The summed E-state index contributed by atoms with van der Waals surface area (Å²) in [5.41, 5.74) is 1.57. The number of pyridine rings is 1. The predicted molar refractivity (Wildman–Crippen MR) is 86.0 cm³/mol. The lowest BCUT2D eigenvalue weighted by atomic mass is 10.2. The maximum absolute atomic E-state index is 6.11. The number of hydrogen-bond acceptors (Lipinski definition) is 6. The van der Waals surface area contributed by atoms with Gasteiger partial charge in [0.05, 0.1) is 18.9 Å². The Kier molecular flexibility index (Phi) is 5.15. The minimum atomic E-state index is 0.445. The highest BCUT2D eigenvalue weighted by atomic mass is 35.5. The summed E-state index contributed by atoms with van der Waals surface area (Å²) in [5, 5.41) is 3.77. The molecule has 1 aliphatic heterocycles. The zero-order valence-corrected chi connectivity index (χ0v) is 13.0. The molecule has 1 fully saturated rings. The van der Waals surface area contributed by atoms with Gasteiger partial charge in [0.25, 0.3) is 0 Å². The Balaban J connectivity index is 1.60. The third-order valence-electron chi connectivity index (χ3n) is 3.54. The Morgan fingerprint density at radius 3 is 2.91 bits per heavy atom. The molecule has 3 rings (SSSR count). The molecule has 0 radical (unpaired) electrons. The topological polar surface area (TPSA) is 63.2 Å². The molecule has 0 spiro atoms. The summed E-state index contributed by atoms with van der Waals surface area (Å²) >= 11 is 6.11. The van der Waals surface area contributed by atoms with Gasteiger partial charge in [0.1, 0.15) is 17.3 Å². The number of ether oxygens (including phenoxy) is 1. The fraction of sp³-hybridized carbons (Fsp3) is 0.400. The highest BCUT2D eigenvalue weighted by molar-refractivity contribution is 6.32. The molecular formula is C15H18ClN5O. The van der Waals surface area contributed by atoms with Crippen molar-refractivity contribution in [2.24, 2.45) is 0 Å². The number of nitrogens with one attached hydrogen (secondary N) is 1. The van der Waals surface area contributed by atoms with Gasteiger partial charge in [0, 0.05) is 44.0 Å². The van der Waals surface area contributed by atoms with Crippen LogP contribution in [0.15, 0.2) is 30.7 Å².